The summed E-state index contributed by atoms with van der Waals surface area (Å²) in [7, 11) is 0. The first-order chi connectivity index (χ1) is 10.8. The molecule has 2 saturated carbocycles. The summed E-state index contributed by atoms with van der Waals surface area (Å²) in [6.07, 6.45) is 16.3. The molecule has 2 aliphatic rings. The lowest BCUT2D eigenvalue weighted by Gasteiger charge is -2.37. The largest absolute Gasteiger partial charge is 0.0651 e. The van der Waals surface area contributed by atoms with Gasteiger partial charge in [-0.05, 0) is 67.8 Å². The minimum atomic E-state index is 1.00. The highest BCUT2D eigenvalue weighted by Gasteiger charge is 2.30. The number of benzene rings is 1. The number of hydrogen-bond donors (Lipinski definition) is 0. The highest BCUT2D eigenvalue weighted by molar-refractivity contribution is 5.14. The van der Waals surface area contributed by atoms with E-state index in [2.05, 4.69) is 37.3 Å². The van der Waals surface area contributed by atoms with Crippen LogP contribution < -0.4 is 0 Å². The Morgan fingerprint density at radius 2 is 1.27 bits per heavy atom. The lowest BCUT2D eigenvalue weighted by Crippen LogP contribution is -2.25. The van der Waals surface area contributed by atoms with Gasteiger partial charge in [-0.3, -0.25) is 0 Å². The fraction of sp³-hybridized carbons (Fsp3) is 0.727. The summed E-state index contributed by atoms with van der Waals surface area (Å²) >= 11 is 0. The quantitative estimate of drug-likeness (QED) is 0.571. The summed E-state index contributed by atoms with van der Waals surface area (Å²) in [6.45, 7) is 2.38. The average Bonchev–Trinajstić information content (AvgIpc) is 2.61. The summed E-state index contributed by atoms with van der Waals surface area (Å²) in [5.41, 5.74) is 1.53. The highest BCUT2D eigenvalue weighted by atomic mass is 14.4. The first kappa shape index (κ1) is 16.1. The molecule has 122 valence electrons. The minimum Gasteiger partial charge on any atom is -0.0651 e. The molecule has 0 aliphatic heterocycles. The maximum Gasteiger partial charge on any atom is -0.0276 e. The van der Waals surface area contributed by atoms with Gasteiger partial charge < -0.3 is 0 Å². The molecule has 0 saturated heterocycles. The van der Waals surface area contributed by atoms with Crippen molar-refractivity contribution in [2.24, 2.45) is 23.7 Å². The molecule has 2 aliphatic carbocycles. The van der Waals surface area contributed by atoms with Crippen LogP contribution in [0.2, 0.25) is 0 Å². The molecule has 0 atom stereocenters. The van der Waals surface area contributed by atoms with Gasteiger partial charge in [-0.25, -0.2) is 0 Å². The second-order valence-corrected chi connectivity index (χ2v) is 7.99. The molecule has 0 heteroatoms. The standard InChI is InChI=1S/C22H34/c1-2-18-10-14-21(15-11-18)22-16-12-20(13-17-22)9-8-19-6-4-3-5-7-19/h3-7,18,20-22H,2,8-17H2,1H3. The molecule has 0 radical (unpaired) electrons. The molecule has 1 aromatic carbocycles. The van der Waals surface area contributed by atoms with Gasteiger partial charge in [-0.2, -0.15) is 0 Å². The summed E-state index contributed by atoms with van der Waals surface area (Å²) in [5.74, 6) is 4.21. The van der Waals surface area contributed by atoms with Gasteiger partial charge in [0.2, 0.25) is 0 Å². The van der Waals surface area contributed by atoms with E-state index in [1.54, 1.807) is 0 Å². The third kappa shape index (κ3) is 4.37. The molecule has 0 nitrogen and oxygen atoms in total. The number of aryl methyl sites for hydroxylation is 1. The van der Waals surface area contributed by atoms with Crippen LogP contribution in [0.4, 0.5) is 0 Å². The topological polar surface area (TPSA) is 0 Å². The van der Waals surface area contributed by atoms with Crippen molar-refractivity contribution in [1.29, 1.82) is 0 Å². The van der Waals surface area contributed by atoms with Gasteiger partial charge in [0.05, 0.1) is 0 Å². The molecule has 0 spiro atoms. The smallest absolute Gasteiger partial charge is 0.0276 e. The van der Waals surface area contributed by atoms with Crippen LogP contribution >= 0.6 is 0 Å². The fourth-order valence-electron chi connectivity index (χ4n) is 5.03. The van der Waals surface area contributed by atoms with Gasteiger partial charge >= 0.3 is 0 Å². The van der Waals surface area contributed by atoms with Crippen molar-refractivity contribution in [2.45, 2.75) is 77.6 Å². The maximum atomic E-state index is 2.38. The zero-order chi connectivity index (χ0) is 15.2. The Balaban J connectivity index is 1.37. The summed E-state index contributed by atoms with van der Waals surface area (Å²) in [5, 5.41) is 0. The molecule has 0 unspecified atom stereocenters. The van der Waals surface area contributed by atoms with Gasteiger partial charge in [-0.15, -0.1) is 0 Å². The van der Waals surface area contributed by atoms with Crippen LogP contribution in [0.3, 0.4) is 0 Å². The van der Waals surface area contributed by atoms with Crippen LogP contribution in [0.25, 0.3) is 0 Å². The van der Waals surface area contributed by atoms with E-state index in [0.717, 1.165) is 23.7 Å². The Morgan fingerprint density at radius 3 is 1.82 bits per heavy atom. The van der Waals surface area contributed by atoms with Crippen molar-refractivity contribution in [3.8, 4) is 0 Å². The average molecular weight is 299 g/mol. The van der Waals surface area contributed by atoms with Crippen molar-refractivity contribution in [2.75, 3.05) is 0 Å². The second kappa shape index (κ2) is 8.18. The van der Waals surface area contributed by atoms with E-state index in [9.17, 15) is 0 Å². The molecular weight excluding hydrogens is 264 g/mol. The van der Waals surface area contributed by atoms with Crippen LogP contribution in [0, 0.1) is 23.7 Å². The zero-order valence-corrected chi connectivity index (χ0v) is 14.5. The maximum absolute atomic E-state index is 2.38. The molecule has 2 fully saturated rings. The lowest BCUT2D eigenvalue weighted by atomic mass is 9.68. The van der Waals surface area contributed by atoms with Gasteiger partial charge in [-0.1, -0.05) is 69.4 Å². The van der Waals surface area contributed by atoms with E-state index in [4.69, 9.17) is 0 Å². The Morgan fingerprint density at radius 1 is 0.727 bits per heavy atom. The summed E-state index contributed by atoms with van der Waals surface area (Å²) < 4.78 is 0. The predicted octanol–water partition coefficient (Wildman–Crippen LogP) is 6.64. The van der Waals surface area contributed by atoms with E-state index in [1.165, 1.54) is 76.2 Å². The van der Waals surface area contributed by atoms with Gasteiger partial charge in [0.1, 0.15) is 0 Å². The third-order valence-electron chi connectivity index (χ3n) is 6.71. The monoisotopic (exact) mass is 298 g/mol. The predicted molar refractivity (Wildman–Crippen MR) is 96.0 cm³/mol. The van der Waals surface area contributed by atoms with Gasteiger partial charge in [0.15, 0.2) is 0 Å². The first-order valence-corrected chi connectivity index (χ1v) is 9.89. The Labute approximate surface area is 137 Å². The first-order valence-electron chi connectivity index (χ1n) is 9.89. The fourth-order valence-corrected chi connectivity index (χ4v) is 5.03. The molecule has 22 heavy (non-hydrogen) atoms. The third-order valence-corrected chi connectivity index (χ3v) is 6.71. The molecule has 0 heterocycles. The van der Waals surface area contributed by atoms with Crippen LogP contribution in [-0.4, -0.2) is 0 Å². The molecular formula is C22H34. The van der Waals surface area contributed by atoms with Crippen molar-refractivity contribution in [3.05, 3.63) is 35.9 Å². The summed E-state index contributed by atoms with van der Waals surface area (Å²) in [4.78, 5) is 0. The molecule has 0 aromatic heterocycles. The number of hydrogen-bond acceptors (Lipinski definition) is 0. The van der Waals surface area contributed by atoms with Crippen molar-refractivity contribution >= 4 is 0 Å². The SMILES string of the molecule is CCC1CCC(C2CCC(CCc3ccccc3)CC2)CC1. The van der Waals surface area contributed by atoms with E-state index < -0.39 is 0 Å². The Bertz CT molecular complexity index is 405. The van der Waals surface area contributed by atoms with Crippen molar-refractivity contribution < 1.29 is 0 Å². The van der Waals surface area contributed by atoms with E-state index in [0.29, 0.717) is 0 Å². The summed E-state index contributed by atoms with van der Waals surface area (Å²) in [6, 6.07) is 11.1. The van der Waals surface area contributed by atoms with Crippen LogP contribution in [0.15, 0.2) is 30.3 Å². The Kier molecular flexibility index (Phi) is 5.98. The Hall–Kier alpha value is -0.780. The van der Waals surface area contributed by atoms with Crippen LogP contribution in [0.1, 0.15) is 76.7 Å². The zero-order valence-electron chi connectivity index (χ0n) is 14.5. The van der Waals surface area contributed by atoms with E-state index in [1.807, 2.05) is 0 Å². The number of rotatable bonds is 5. The molecule has 0 N–H and O–H groups in total. The molecule has 0 amide bonds. The molecule has 3 rings (SSSR count). The minimum absolute atomic E-state index is 1.00. The molecule has 0 bridgehead atoms. The van der Waals surface area contributed by atoms with E-state index >= 15 is 0 Å². The van der Waals surface area contributed by atoms with Gasteiger partial charge in [0.25, 0.3) is 0 Å². The van der Waals surface area contributed by atoms with Crippen molar-refractivity contribution in [3.63, 3.8) is 0 Å². The highest BCUT2D eigenvalue weighted by Crippen LogP contribution is 2.42. The normalized spacial score (nSPS) is 32.8. The van der Waals surface area contributed by atoms with Gasteiger partial charge in [0, 0.05) is 0 Å². The second-order valence-electron chi connectivity index (χ2n) is 7.99. The molecule has 1 aromatic rings. The van der Waals surface area contributed by atoms with Crippen molar-refractivity contribution in [1.82, 2.24) is 0 Å². The lowest BCUT2D eigenvalue weighted by molar-refractivity contribution is 0.142. The van der Waals surface area contributed by atoms with Crippen LogP contribution in [-0.2, 0) is 6.42 Å². The van der Waals surface area contributed by atoms with Crippen LogP contribution in [0.5, 0.6) is 0 Å². The van der Waals surface area contributed by atoms with E-state index in [-0.39, 0.29) is 0 Å².